The standard InChI is InChI=1S/C18H25N5O2/c1-3-22-10-4-5-16(22)13-23(12-15-6-8-19-9-7-15)18(24)20-17-11-14(2)25-21-17/h6-9,11,16H,3-5,10,12-13H2,1-2H3,(H,20,21,24)/t16-/m0/s1. The van der Waals surface area contributed by atoms with E-state index < -0.39 is 0 Å². The van der Waals surface area contributed by atoms with E-state index in [0.29, 0.717) is 30.7 Å². The molecule has 0 saturated carbocycles. The second-order valence-electron chi connectivity index (χ2n) is 6.41. The van der Waals surface area contributed by atoms with Crippen LogP contribution in [0.3, 0.4) is 0 Å². The van der Waals surface area contributed by atoms with Gasteiger partial charge in [-0.1, -0.05) is 12.1 Å². The molecule has 1 atom stereocenters. The van der Waals surface area contributed by atoms with Gasteiger partial charge in [-0.05, 0) is 50.6 Å². The van der Waals surface area contributed by atoms with E-state index in [2.05, 4.69) is 27.3 Å². The summed E-state index contributed by atoms with van der Waals surface area (Å²) in [6, 6.07) is 5.83. The third-order valence-electron chi connectivity index (χ3n) is 4.61. The lowest BCUT2D eigenvalue weighted by Gasteiger charge is -2.30. The van der Waals surface area contributed by atoms with Gasteiger partial charge in [-0.25, -0.2) is 4.79 Å². The highest BCUT2D eigenvalue weighted by Gasteiger charge is 2.27. The van der Waals surface area contributed by atoms with Crippen molar-refractivity contribution >= 4 is 11.8 Å². The Balaban J connectivity index is 1.72. The first kappa shape index (κ1) is 17.4. The lowest BCUT2D eigenvalue weighted by Crippen LogP contribution is -2.44. The Morgan fingerprint density at radius 2 is 2.24 bits per heavy atom. The molecule has 0 unspecified atom stereocenters. The van der Waals surface area contributed by atoms with Crippen LogP contribution in [-0.2, 0) is 6.54 Å². The summed E-state index contributed by atoms with van der Waals surface area (Å²) in [6.07, 6.45) is 5.81. The first-order valence-electron chi connectivity index (χ1n) is 8.78. The third-order valence-corrected chi connectivity index (χ3v) is 4.61. The Morgan fingerprint density at radius 1 is 1.44 bits per heavy atom. The molecule has 1 aliphatic rings. The van der Waals surface area contributed by atoms with E-state index in [9.17, 15) is 4.79 Å². The van der Waals surface area contributed by atoms with Gasteiger partial charge in [0.15, 0.2) is 5.82 Å². The maximum Gasteiger partial charge on any atom is 0.323 e. The molecule has 1 aliphatic heterocycles. The second kappa shape index (κ2) is 8.11. The molecule has 3 heterocycles. The smallest absolute Gasteiger partial charge is 0.323 e. The van der Waals surface area contributed by atoms with Crippen LogP contribution in [0.2, 0.25) is 0 Å². The Hall–Kier alpha value is -2.41. The summed E-state index contributed by atoms with van der Waals surface area (Å²) in [5, 5.41) is 6.69. The molecule has 1 saturated heterocycles. The lowest BCUT2D eigenvalue weighted by atomic mass is 10.2. The van der Waals surface area contributed by atoms with Gasteiger partial charge in [-0.15, -0.1) is 0 Å². The van der Waals surface area contributed by atoms with E-state index in [0.717, 1.165) is 25.1 Å². The fourth-order valence-electron chi connectivity index (χ4n) is 3.31. The number of nitrogens with zero attached hydrogens (tertiary/aromatic N) is 4. The van der Waals surface area contributed by atoms with Gasteiger partial charge in [0, 0.05) is 37.6 Å². The summed E-state index contributed by atoms with van der Waals surface area (Å²) in [7, 11) is 0. The maximum atomic E-state index is 12.8. The molecule has 0 bridgehead atoms. The van der Waals surface area contributed by atoms with Crippen molar-refractivity contribution in [2.75, 3.05) is 25.0 Å². The minimum atomic E-state index is -0.159. The van der Waals surface area contributed by atoms with E-state index >= 15 is 0 Å². The molecular weight excluding hydrogens is 318 g/mol. The van der Waals surface area contributed by atoms with Crippen LogP contribution in [0.5, 0.6) is 0 Å². The third kappa shape index (κ3) is 4.57. The Morgan fingerprint density at radius 3 is 2.92 bits per heavy atom. The molecule has 2 aromatic rings. The Bertz CT molecular complexity index is 688. The molecule has 1 fully saturated rings. The van der Waals surface area contributed by atoms with Crippen molar-refractivity contribution in [3.05, 3.63) is 41.9 Å². The van der Waals surface area contributed by atoms with E-state index in [-0.39, 0.29) is 6.03 Å². The van der Waals surface area contributed by atoms with Crippen LogP contribution in [0.1, 0.15) is 31.1 Å². The molecule has 0 radical (unpaired) electrons. The molecule has 3 rings (SSSR count). The van der Waals surface area contributed by atoms with Gasteiger partial charge in [0.2, 0.25) is 0 Å². The van der Waals surface area contributed by atoms with Gasteiger partial charge in [0.25, 0.3) is 0 Å². The van der Waals surface area contributed by atoms with Crippen LogP contribution >= 0.6 is 0 Å². The van der Waals surface area contributed by atoms with Gasteiger partial charge < -0.3 is 9.42 Å². The first-order valence-corrected chi connectivity index (χ1v) is 8.78. The number of hydrogen-bond acceptors (Lipinski definition) is 5. The number of aromatic nitrogens is 2. The van der Waals surface area contributed by atoms with Gasteiger partial charge in [0.1, 0.15) is 5.76 Å². The molecule has 7 heteroatoms. The highest BCUT2D eigenvalue weighted by molar-refractivity contribution is 5.88. The molecule has 2 amide bonds. The number of carbonyl (C=O) groups excluding carboxylic acids is 1. The van der Waals surface area contributed by atoms with Crippen molar-refractivity contribution in [1.29, 1.82) is 0 Å². The number of likely N-dealkylation sites (tertiary alicyclic amines) is 1. The number of urea groups is 1. The normalized spacial score (nSPS) is 17.6. The monoisotopic (exact) mass is 343 g/mol. The minimum Gasteiger partial charge on any atom is -0.360 e. The molecule has 25 heavy (non-hydrogen) atoms. The molecule has 0 aromatic carbocycles. The van der Waals surface area contributed by atoms with Crippen LogP contribution < -0.4 is 5.32 Å². The minimum absolute atomic E-state index is 0.159. The van der Waals surface area contributed by atoms with Crippen molar-refractivity contribution in [2.24, 2.45) is 0 Å². The zero-order valence-electron chi connectivity index (χ0n) is 14.8. The predicted molar refractivity (Wildman–Crippen MR) is 95.2 cm³/mol. The SMILES string of the molecule is CCN1CCC[C@H]1CN(Cc1ccncc1)C(=O)Nc1cc(C)on1. The molecule has 0 spiro atoms. The first-order chi connectivity index (χ1) is 12.2. The average Bonchev–Trinajstić information content (AvgIpc) is 3.23. The molecule has 1 N–H and O–H groups in total. The maximum absolute atomic E-state index is 12.8. The van der Waals surface area contributed by atoms with E-state index in [1.165, 1.54) is 6.42 Å². The largest absolute Gasteiger partial charge is 0.360 e. The number of anilines is 1. The Kier molecular flexibility index (Phi) is 5.65. The summed E-state index contributed by atoms with van der Waals surface area (Å²) >= 11 is 0. The van der Waals surface area contributed by atoms with Crippen molar-refractivity contribution < 1.29 is 9.32 Å². The number of hydrogen-bond donors (Lipinski definition) is 1. The van der Waals surface area contributed by atoms with E-state index in [1.54, 1.807) is 25.4 Å². The van der Waals surface area contributed by atoms with Crippen molar-refractivity contribution in [2.45, 2.75) is 39.3 Å². The van der Waals surface area contributed by atoms with Crippen LogP contribution in [0, 0.1) is 6.92 Å². The number of carbonyl (C=O) groups is 1. The van der Waals surface area contributed by atoms with Gasteiger partial charge in [0.05, 0.1) is 0 Å². The fourth-order valence-corrected chi connectivity index (χ4v) is 3.31. The highest BCUT2D eigenvalue weighted by atomic mass is 16.5. The molecule has 0 aliphatic carbocycles. The van der Waals surface area contributed by atoms with Gasteiger partial charge >= 0.3 is 6.03 Å². The number of likely N-dealkylation sites (N-methyl/N-ethyl adjacent to an activating group) is 1. The molecule has 2 aromatic heterocycles. The number of aryl methyl sites for hydroxylation is 1. The molecule has 134 valence electrons. The summed E-state index contributed by atoms with van der Waals surface area (Å²) in [5.74, 6) is 1.12. The van der Waals surface area contributed by atoms with E-state index in [1.807, 2.05) is 17.0 Å². The number of pyridine rings is 1. The number of rotatable bonds is 6. The van der Waals surface area contributed by atoms with Crippen LogP contribution in [0.15, 0.2) is 35.1 Å². The van der Waals surface area contributed by atoms with E-state index in [4.69, 9.17) is 4.52 Å². The van der Waals surface area contributed by atoms with Gasteiger partial charge in [-0.2, -0.15) is 0 Å². The van der Waals surface area contributed by atoms with Crippen LogP contribution in [-0.4, -0.2) is 51.6 Å². The summed E-state index contributed by atoms with van der Waals surface area (Å²) in [6.45, 7) is 7.32. The summed E-state index contributed by atoms with van der Waals surface area (Å²) < 4.78 is 5.03. The van der Waals surface area contributed by atoms with Crippen molar-refractivity contribution in [3.8, 4) is 0 Å². The zero-order valence-corrected chi connectivity index (χ0v) is 14.8. The predicted octanol–water partition coefficient (Wildman–Crippen LogP) is 2.90. The average molecular weight is 343 g/mol. The summed E-state index contributed by atoms with van der Waals surface area (Å²) in [5.41, 5.74) is 1.06. The van der Waals surface area contributed by atoms with Crippen LogP contribution in [0.25, 0.3) is 0 Å². The topological polar surface area (TPSA) is 74.5 Å². The Labute approximate surface area is 148 Å². The van der Waals surface area contributed by atoms with Gasteiger partial charge in [-0.3, -0.25) is 15.2 Å². The fraction of sp³-hybridized carbons (Fsp3) is 0.500. The van der Waals surface area contributed by atoms with Crippen LogP contribution in [0.4, 0.5) is 10.6 Å². The van der Waals surface area contributed by atoms with Crippen molar-refractivity contribution in [3.63, 3.8) is 0 Å². The molecule has 7 nitrogen and oxygen atoms in total. The summed E-state index contributed by atoms with van der Waals surface area (Å²) in [4.78, 5) is 21.1. The second-order valence-corrected chi connectivity index (χ2v) is 6.41. The quantitative estimate of drug-likeness (QED) is 0.873. The number of amides is 2. The highest BCUT2D eigenvalue weighted by Crippen LogP contribution is 2.19. The molecular formula is C18H25N5O2. The van der Waals surface area contributed by atoms with Crippen molar-refractivity contribution in [1.82, 2.24) is 19.9 Å². The zero-order chi connectivity index (χ0) is 17.6. The lowest BCUT2D eigenvalue weighted by molar-refractivity contribution is 0.174. The number of nitrogens with one attached hydrogen (secondary N) is 1.